The third-order valence-corrected chi connectivity index (χ3v) is 3.00. The molecular weight excluding hydrogens is 238 g/mol. The second kappa shape index (κ2) is 5.53. The van der Waals surface area contributed by atoms with E-state index < -0.39 is 0 Å². The van der Waals surface area contributed by atoms with Gasteiger partial charge in [-0.2, -0.15) is 4.80 Å². The number of unbranched alkanes of at least 4 members (excludes halogenated alkanes) is 1. The van der Waals surface area contributed by atoms with Crippen molar-refractivity contribution in [2.75, 3.05) is 5.32 Å². The topological polar surface area (TPSA) is 72.7 Å². The van der Waals surface area contributed by atoms with Gasteiger partial charge in [0.25, 0.3) is 11.9 Å². The number of aryl methyl sites for hydroxylation is 1. The predicted molar refractivity (Wildman–Crippen MR) is 65.0 cm³/mol. The molecule has 0 radical (unpaired) electrons. The van der Waals surface area contributed by atoms with Gasteiger partial charge in [0, 0.05) is 0 Å². The van der Waals surface area contributed by atoms with Gasteiger partial charge in [0.2, 0.25) is 0 Å². The van der Waals surface area contributed by atoms with E-state index in [2.05, 4.69) is 27.7 Å². The zero-order chi connectivity index (χ0) is 12.1. The lowest BCUT2D eigenvalue weighted by atomic mass is 10.3. The number of tetrazole rings is 1. The van der Waals surface area contributed by atoms with Gasteiger partial charge in [-0.05, 0) is 23.1 Å². The number of carbonyl (C=O) groups is 1. The molecule has 7 heteroatoms. The molecule has 0 aliphatic rings. The fourth-order valence-corrected chi connectivity index (χ4v) is 1.88. The van der Waals surface area contributed by atoms with Gasteiger partial charge in [0.15, 0.2) is 0 Å². The number of amides is 1. The lowest BCUT2D eigenvalue weighted by Crippen LogP contribution is -2.11. The molecule has 2 rings (SSSR count). The minimum atomic E-state index is -0.199. The number of thiophene rings is 1. The minimum Gasteiger partial charge on any atom is -0.287 e. The van der Waals surface area contributed by atoms with Crippen LogP contribution in [0.3, 0.4) is 0 Å². The van der Waals surface area contributed by atoms with Crippen LogP contribution in [0.4, 0.5) is 5.95 Å². The van der Waals surface area contributed by atoms with Crippen molar-refractivity contribution >= 4 is 23.2 Å². The van der Waals surface area contributed by atoms with Gasteiger partial charge in [-0.3, -0.25) is 10.1 Å². The number of aromatic nitrogens is 4. The lowest BCUT2D eigenvalue weighted by Gasteiger charge is -1.96. The van der Waals surface area contributed by atoms with Gasteiger partial charge >= 0.3 is 0 Å². The van der Waals surface area contributed by atoms with Crippen molar-refractivity contribution in [1.29, 1.82) is 0 Å². The summed E-state index contributed by atoms with van der Waals surface area (Å²) < 4.78 is 0. The van der Waals surface area contributed by atoms with E-state index in [1.807, 2.05) is 11.4 Å². The first-order valence-corrected chi connectivity index (χ1v) is 6.30. The summed E-state index contributed by atoms with van der Waals surface area (Å²) in [6.07, 6.45) is 2.06. The minimum absolute atomic E-state index is 0.199. The van der Waals surface area contributed by atoms with Crippen LogP contribution in [0.2, 0.25) is 0 Å². The number of rotatable bonds is 5. The summed E-state index contributed by atoms with van der Waals surface area (Å²) in [6.45, 7) is 2.81. The molecule has 0 saturated heterocycles. The molecule has 2 aromatic heterocycles. The van der Waals surface area contributed by atoms with Gasteiger partial charge < -0.3 is 0 Å². The van der Waals surface area contributed by atoms with E-state index in [1.165, 1.54) is 16.1 Å². The Labute approximate surface area is 103 Å². The largest absolute Gasteiger partial charge is 0.287 e. The van der Waals surface area contributed by atoms with E-state index in [0.29, 0.717) is 4.88 Å². The van der Waals surface area contributed by atoms with Crippen LogP contribution < -0.4 is 5.32 Å². The smallest absolute Gasteiger partial charge is 0.270 e. The van der Waals surface area contributed by atoms with E-state index in [1.54, 1.807) is 6.07 Å². The molecule has 6 nitrogen and oxygen atoms in total. The highest BCUT2D eigenvalue weighted by Crippen LogP contribution is 2.10. The first-order chi connectivity index (χ1) is 8.29. The summed E-state index contributed by atoms with van der Waals surface area (Å²) in [4.78, 5) is 13.8. The Kier molecular flexibility index (Phi) is 3.81. The number of nitrogens with one attached hydrogen (secondary N) is 1. The molecule has 0 saturated carbocycles. The zero-order valence-electron chi connectivity index (χ0n) is 9.46. The Balaban J connectivity index is 1.95. The van der Waals surface area contributed by atoms with Crippen LogP contribution in [-0.4, -0.2) is 26.1 Å². The van der Waals surface area contributed by atoms with Crippen LogP contribution in [0.5, 0.6) is 0 Å². The number of nitrogens with zero attached hydrogens (tertiary/aromatic N) is 4. The second-order valence-corrected chi connectivity index (χ2v) is 4.44. The number of hydrogen-bond donors (Lipinski definition) is 1. The molecule has 0 spiro atoms. The standard InChI is InChI=1S/C10H13N5OS/c1-2-3-6-15-13-10(12-14-15)11-9(16)8-5-4-7-17-8/h4-5,7H,2-3,6H2,1H3,(H,11,13,16). The van der Waals surface area contributed by atoms with Gasteiger partial charge in [-0.15, -0.1) is 16.4 Å². The highest BCUT2D eigenvalue weighted by molar-refractivity contribution is 7.12. The fourth-order valence-electron chi connectivity index (χ4n) is 1.26. The van der Waals surface area contributed by atoms with Crippen LogP contribution in [0.15, 0.2) is 17.5 Å². The van der Waals surface area contributed by atoms with Crippen molar-refractivity contribution < 1.29 is 4.79 Å². The van der Waals surface area contributed by atoms with Crippen LogP contribution in [0.1, 0.15) is 29.4 Å². The Morgan fingerprint density at radius 1 is 1.59 bits per heavy atom. The van der Waals surface area contributed by atoms with Crippen molar-refractivity contribution in [2.24, 2.45) is 0 Å². The first kappa shape index (κ1) is 11.7. The number of carbonyl (C=O) groups excluding carboxylic acids is 1. The predicted octanol–water partition coefficient (Wildman–Crippen LogP) is 1.79. The van der Waals surface area contributed by atoms with Crippen molar-refractivity contribution in [1.82, 2.24) is 20.2 Å². The SMILES string of the molecule is CCCCn1nnc(NC(=O)c2cccs2)n1. The van der Waals surface area contributed by atoms with Gasteiger partial charge in [-0.1, -0.05) is 24.5 Å². The molecule has 0 aromatic carbocycles. The molecule has 0 aliphatic heterocycles. The fraction of sp³-hybridized carbons (Fsp3) is 0.400. The third kappa shape index (κ3) is 3.10. The Morgan fingerprint density at radius 3 is 3.18 bits per heavy atom. The number of hydrogen-bond acceptors (Lipinski definition) is 5. The van der Waals surface area contributed by atoms with Crippen molar-refractivity contribution in [2.45, 2.75) is 26.3 Å². The zero-order valence-corrected chi connectivity index (χ0v) is 10.3. The molecule has 0 atom stereocenters. The highest BCUT2D eigenvalue weighted by Gasteiger charge is 2.10. The van der Waals surface area contributed by atoms with Crippen molar-refractivity contribution in [3.8, 4) is 0 Å². The van der Waals surface area contributed by atoms with Crippen LogP contribution in [0, 0.1) is 0 Å². The van der Waals surface area contributed by atoms with Crippen LogP contribution in [-0.2, 0) is 6.54 Å². The molecule has 90 valence electrons. The maximum atomic E-state index is 11.7. The molecular formula is C10H13N5OS. The van der Waals surface area contributed by atoms with Crippen molar-refractivity contribution in [3.05, 3.63) is 22.4 Å². The quantitative estimate of drug-likeness (QED) is 0.879. The highest BCUT2D eigenvalue weighted by atomic mass is 32.1. The van der Waals surface area contributed by atoms with E-state index >= 15 is 0 Å². The normalized spacial score (nSPS) is 10.4. The van der Waals surface area contributed by atoms with Crippen LogP contribution in [0.25, 0.3) is 0 Å². The summed E-state index contributed by atoms with van der Waals surface area (Å²) in [5.74, 6) is 0.0505. The van der Waals surface area contributed by atoms with Gasteiger partial charge in [0.1, 0.15) is 0 Å². The van der Waals surface area contributed by atoms with E-state index in [-0.39, 0.29) is 11.9 Å². The maximum absolute atomic E-state index is 11.7. The summed E-state index contributed by atoms with van der Waals surface area (Å²) in [5, 5.41) is 16.1. The number of anilines is 1. The first-order valence-electron chi connectivity index (χ1n) is 5.42. The van der Waals surface area contributed by atoms with E-state index in [9.17, 15) is 4.79 Å². The molecule has 1 amide bonds. The average Bonchev–Trinajstić information content (AvgIpc) is 2.97. The van der Waals surface area contributed by atoms with Gasteiger partial charge in [0.05, 0.1) is 11.4 Å². The van der Waals surface area contributed by atoms with E-state index in [0.717, 1.165) is 19.4 Å². The van der Waals surface area contributed by atoms with Crippen LogP contribution >= 0.6 is 11.3 Å². The Hall–Kier alpha value is -1.76. The van der Waals surface area contributed by atoms with E-state index in [4.69, 9.17) is 0 Å². The van der Waals surface area contributed by atoms with Gasteiger partial charge in [-0.25, -0.2) is 0 Å². The van der Waals surface area contributed by atoms with Crippen molar-refractivity contribution in [3.63, 3.8) is 0 Å². The molecule has 1 N–H and O–H groups in total. The summed E-state index contributed by atoms with van der Waals surface area (Å²) in [7, 11) is 0. The molecule has 2 aromatic rings. The summed E-state index contributed by atoms with van der Waals surface area (Å²) in [6, 6.07) is 3.58. The maximum Gasteiger partial charge on any atom is 0.270 e. The molecule has 2 heterocycles. The third-order valence-electron chi connectivity index (χ3n) is 2.13. The monoisotopic (exact) mass is 251 g/mol. The Bertz CT molecular complexity index is 479. The molecule has 0 fully saturated rings. The summed E-state index contributed by atoms with van der Waals surface area (Å²) in [5.41, 5.74) is 0. The molecule has 0 aliphatic carbocycles. The molecule has 0 unspecified atom stereocenters. The lowest BCUT2D eigenvalue weighted by molar-refractivity contribution is 0.102. The molecule has 17 heavy (non-hydrogen) atoms. The summed E-state index contributed by atoms with van der Waals surface area (Å²) >= 11 is 1.38. The Morgan fingerprint density at radius 2 is 2.47 bits per heavy atom. The average molecular weight is 251 g/mol. The molecule has 0 bridgehead atoms. The second-order valence-electron chi connectivity index (χ2n) is 3.49.